The summed E-state index contributed by atoms with van der Waals surface area (Å²) in [5.74, 6) is 0.129. The number of rotatable bonds is 14. The second-order valence-electron chi connectivity index (χ2n) is 11.1. The lowest BCUT2D eigenvalue weighted by atomic mass is 9.98. The van der Waals surface area contributed by atoms with Crippen LogP contribution in [0.5, 0.6) is 23.0 Å². The number of carbonyl (C=O) groups excluding carboxylic acids is 2. The van der Waals surface area contributed by atoms with E-state index in [1.54, 1.807) is 0 Å². The number of ether oxygens (including phenoxy) is 2. The SMILES string of the molecule is COc1cc(OP(=O)(O)Oc2ccc(C(=O)CCc3ccc(C)cc3C)c(OC)c2)ccc1C(=O)CCc1ccc(C)cc1C. The van der Waals surface area contributed by atoms with Crippen LogP contribution in [0.1, 0.15) is 66.9 Å². The van der Waals surface area contributed by atoms with E-state index in [9.17, 15) is 19.0 Å². The maximum Gasteiger partial charge on any atom is 0.584 e. The Balaban J connectivity index is 1.40. The maximum absolute atomic E-state index is 13.0. The highest BCUT2D eigenvalue weighted by Gasteiger charge is 2.27. The number of carbonyl (C=O) groups is 2. The lowest BCUT2D eigenvalue weighted by Gasteiger charge is -2.16. The second kappa shape index (κ2) is 14.6. The molecule has 45 heavy (non-hydrogen) atoms. The fourth-order valence-corrected chi connectivity index (χ4v) is 6.02. The molecule has 0 unspecified atom stereocenters. The van der Waals surface area contributed by atoms with Crippen molar-refractivity contribution in [2.75, 3.05) is 14.2 Å². The smallest absolute Gasteiger partial charge is 0.496 e. The van der Waals surface area contributed by atoms with Crippen molar-refractivity contribution in [2.24, 2.45) is 0 Å². The van der Waals surface area contributed by atoms with Crippen LogP contribution in [-0.2, 0) is 17.4 Å². The Hall–Kier alpha value is -4.39. The molecule has 0 fully saturated rings. The van der Waals surface area contributed by atoms with Crippen LogP contribution in [0.3, 0.4) is 0 Å². The topological polar surface area (TPSA) is 108 Å². The van der Waals surface area contributed by atoms with E-state index in [0.717, 1.165) is 33.4 Å². The molecular formula is C36H39O8P. The molecule has 0 spiro atoms. The summed E-state index contributed by atoms with van der Waals surface area (Å²) in [4.78, 5) is 36.5. The maximum atomic E-state index is 13.0. The molecule has 4 rings (SSSR count). The lowest BCUT2D eigenvalue weighted by Crippen LogP contribution is -2.06. The van der Waals surface area contributed by atoms with E-state index >= 15 is 0 Å². The number of phosphoric acid groups is 1. The molecule has 0 saturated carbocycles. The van der Waals surface area contributed by atoms with Gasteiger partial charge in [0.05, 0.1) is 25.3 Å². The van der Waals surface area contributed by atoms with Gasteiger partial charge in [0.15, 0.2) is 11.6 Å². The van der Waals surface area contributed by atoms with Gasteiger partial charge in [0, 0.05) is 25.0 Å². The summed E-state index contributed by atoms with van der Waals surface area (Å²) in [6.45, 7) is 8.09. The third-order valence-corrected chi connectivity index (χ3v) is 8.51. The van der Waals surface area contributed by atoms with Crippen LogP contribution >= 0.6 is 7.82 Å². The number of ketones is 2. The third kappa shape index (κ3) is 8.84. The summed E-state index contributed by atoms with van der Waals surface area (Å²) >= 11 is 0. The van der Waals surface area contributed by atoms with Gasteiger partial charge in [-0.05, 0) is 87.1 Å². The van der Waals surface area contributed by atoms with Crippen LogP contribution in [0.4, 0.5) is 0 Å². The zero-order valence-electron chi connectivity index (χ0n) is 26.5. The predicted molar refractivity (Wildman–Crippen MR) is 174 cm³/mol. The zero-order valence-corrected chi connectivity index (χ0v) is 27.4. The largest absolute Gasteiger partial charge is 0.584 e. The van der Waals surface area contributed by atoms with Crippen LogP contribution in [-0.4, -0.2) is 30.7 Å². The number of benzene rings is 4. The van der Waals surface area contributed by atoms with Gasteiger partial charge in [-0.3, -0.25) is 14.5 Å². The van der Waals surface area contributed by atoms with E-state index < -0.39 is 7.82 Å². The van der Waals surface area contributed by atoms with E-state index in [1.807, 2.05) is 52.0 Å². The van der Waals surface area contributed by atoms with Gasteiger partial charge in [-0.15, -0.1) is 0 Å². The van der Waals surface area contributed by atoms with Gasteiger partial charge >= 0.3 is 7.82 Å². The average Bonchev–Trinajstić information content (AvgIpc) is 2.99. The Kier molecular flexibility index (Phi) is 10.9. The van der Waals surface area contributed by atoms with Gasteiger partial charge in [0.25, 0.3) is 0 Å². The van der Waals surface area contributed by atoms with Crippen molar-refractivity contribution < 1.29 is 37.6 Å². The minimum Gasteiger partial charge on any atom is -0.496 e. The number of hydrogen-bond acceptors (Lipinski definition) is 7. The van der Waals surface area contributed by atoms with Gasteiger partial charge in [0.1, 0.15) is 23.0 Å². The number of hydrogen-bond donors (Lipinski definition) is 1. The Morgan fingerprint density at radius 3 is 1.38 bits per heavy atom. The fourth-order valence-electron chi connectivity index (χ4n) is 5.22. The fraction of sp³-hybridized carbons (Fsp3) is 0.278. The second-order valence-corrected chi connectivity index (χ2v) is 12.4. The summed E-state index contributed by atoms with van der Waals surface area (Å²) in [6.07, 6.45) is 1.70. The van der Waals surface area contributed by atoms with Crippen LogP contribution in [0, 0.1) is 27.7 Å². The minimum atomic E-state index is -4.68. The minimum absolute atomic E-state index is 0.0197. The number of phosphoric ester groups is 1. The molecule has 8 nitrogen and oxygen atoms in total. The first kappa shape index (κ1) is 33.5. The Morgan fingerprint density at radius 1 is 0.622 bits per heavy atom. The van der Waals surface area contributed by atoms with Gasteiger partial charge in [-0.1, -0.05) is 47.5 Å². The first-order chi connectivity index (χ1) is 21.4. The first-order valence-electron chi connectivity index (χ1n) is 14.7. The summed E-state index contributed by atoms with van der Waals surface area (Å²) in [5, 5.41) is 0. The molecule has 236 valence electrons. The van der Waals surface area contributed by atoms with Crippen molar-refractivity contribution in [3.8, 4) is 23.0 Å². The van der Waals surface area contributed by atoms with E-state index in [0.29, 0.717) is 24.0 Å². The molecule has 0 aliphatic heterocycles. The average molecular weight is 631 g/mol. The van der Waals surface area contributed by atoms with Crippen molar-refractivity contribution in [2.45, 2.75) is 53.4 Å². The Labute approximate surface area is 264 Å². The zero-order chi connectivity index (χ0) is 32.7. The van der Waals surface area contributed by atoms with Crippen molar-refractivity contribution in [3.05, 3.63) is 117 Å². The molecule has 0 aliphatic carbocycles. The molecular weight excluding hydrogens is 591 g/mol. The van der Waals surface area contributed by atoms with Crippen LogP contribution in [0.25, 0.3) is 0 Å². The van der Waals surface area contributed by atoms with Gasteiger partial charge in [0.2, 0.25) is 0 Å². The molecule has 0 heterocycles. The standard InChI is InChI=1S/C36H39O8P/c1-23-7-9-27(25(3)19-23)11-17-33(37)31-15-13-29(21-35(31)41-5)43-45(39,40)44-30-14-16-32(36(22-30)42-6)34(38)18-12-28-10-8-24(2)20-26(28)4/h7-10,13-16,19-22H,11-12,17-18H2,1-6H3,(H,39,40). The van der Waals surface area contributed by atoms with Crippen LogP contribution in [0.2, 0.25) is 0 Å². The lowest BCUT2D eigenvalue weighted by molar-refractivity contribution is 0.0971. The molecule has 9 heteroatoms. The van der Waals surface area contributed by atoms with Crippen molar-refractivity contribution in [1.82, 2.24) is 0 Å². The van der Waals surface area contributed by atoms with Crippen LogP contribution in [0.15, 0.2) is 72.8 Å². The highest BCUT2D eigenvalue weighted by Crippen LogP contribution is 2.46. The molecule has 0 aliphatic rings. The molecule has 0 atom stereocenters. The summed E-state index contributed by atoms with van der Waals surface area (Å²) in [5.41, 5.74) is 7.45. The predicted octanol–water partition coefficient (Wildman–Crippen LogP) is 8.13. The monoisotopic (exact) mass is 630 g/mol. The van der Waals surface area contributed by atoms with E-state index in [-0.39, 0.29) is 47.4 Å². The van der Waals surface area contributed by atoms with Crippen molar-refractivity contribution in [3.63, 3.8) is 0 Å². The first-order valence-corrected chi connectivity index (χ1v) is 16.2. The van der Waals surface area contributed by atoms with E-state index in [2.05, 4.69) is 12.1 Å². The summed E-state index contributed by atoms with van der Waals surface area (Å²) in [7, 11) is -1.86. The Morgan fingerprint density at radius 2 is 1.02 bits per heavy atom. The molecule has 0 radical (unpaired) electrons. The molecule has 0 aromatic heterocycles. The molecule has 0 bridgehead atoms. The number of methoxy groups -OCH3 is 2. The summed E-state index contributed by atoms with van der Waals surface area (Å²) < 4.78 is 34.3. The molecule has 1 N–H and O–H groups in total. The normalized spacial score (nSPS) is 11.2. The van der Waals surface area contributed by atoms with Crippen molar-refractivity contribution >= 4 is 19.4 Å². The van der Waals surface area contributed by atoms with E-state index in [4.69, 9.17) is 18.5 Å². The van der Waals surface area contributed by atoms with Gasteiger partial charge < -0.3 is 18.5 Å². The van der Waals surface area contributed by atoms with Gasteiger partial charge in [-0.2, -0.15) is 0 Å². The van der Waals surface area contributed by atoms with Crippen molar-refractivity contribution in [1.29, 1.82) is 0 Å². The Bertz CT molecular complexity index is 1640. The molecule has 4 aromatic rings. The summed E-state index contributed by atoms with van der Waals surface area (Å²) in [6, 6.07) is 20.8. The highest BCUT2D eigenvalue weighted by atomic mass is 31.2. The number of Topliss-reactive ketones (excluding diaryl/α,β-unsaturated/α-hetero) is 2. The third-order valence-electron chi connectivity index (χ3n) is 7.63. The molecule has 0 amide bonds. The molecule has 0 saturated heterocycles. The number of aryl methyl sites for hydroxylation is 6. The quantitative estimate of drug-likeness (QED) is 0.110. The van der Waals surface area contributed by atoms with Crippen LogP contribution < -0.4 is 18.5 Å². The van der Waals surface area contributed by atoms with Gasteiger partial charge in [-0.25, -0.2) is 4.57 Å². The molecule has 4 aromatic carbocycles. The highest BCUT2D eigenvalue weighted by molar-refractivity contribution is 7.48. The van der Waals surface area contributed by atoms with E-state index in [1.165, 1.54) is 50.6 Å².